The molecule has 0 radical (unpaired) electrons. The van der Waals surface area contributed by atoms with Crippen molar-refractivity contribution < 1.29 is 9.18 Å². The number of nitrogens with zero attached hydrogens (tertiary/aromatic N) is 5. The van der Waals surface area contributed by atoms with E-state index < -0.39 is 6.17 Å². The van der Waals surface area contributed by atoms with E-state index in [9.17, 15) is 9.18 Å². The lowest BCUT2D eigenvalue weighted by Crippen LogP contribution is -2.42. The third-order valence-corrected chi connectivity index (χ3v) is 4.05. The first-order valence-electron chi connectivity index (χ1n) is 7.59. The molecule has 1 amide bonds. The van der Waals surface area contributed by atoms with Crippen molar-refractivity contribution in [3.8, 4) is 0 Å². The van der Waals surface area contributed by atoms with Crippen LogP contribution < -0.4 is 0 Å². The summed E-state index contributed by atoms with van der Waals surface area (Å²) >= 11 is 0. The number of hydrogen-bond acceptors (Lipinski definition) is 4. The van der Waals surface area contributed by atoms with Crippen molar-refractivity contribution in [1.82, 2.24) is 24.5 Å². The van der Waals surface area contributed by atoms with Crippen LogP contribution in [0.3, 0.4) is 0 Å². The minimum Gasteiger partial charge on any atom is -0.348 e. The molecule has 1 saturated heterocycles. The summed E-state index contributed by atoms with van der Waals surface area (Å²) in [4.78, 5) is 17.5. The Balaban J connectivity index is 1.91. The summed E-state index contributed by atoms with van der Waals surface area (Å²) < 4.78 is 15.6. The molecule has 6 nitrogen and oxygen atoms in total. The zero-order chi connectivity index (χ0) is 16.3. The predicted octanol–water partition coefficient (Wildman–Crippen LogP) is 0.353. The van der Waals surface area contributed by atoms with E-state index in [1.807, 2.05) is 31.4 Å². The lowest BCUT2D eigenvalue weighted by Gasteiger charge is -2.28. The van der Waals surface area contributed by atoms with Crippen LogP contribution in [-0.4, -0.2) is 83.4 Å². The van der Waals surface area contributed by atoms with Crippen molar-refractivity contribution in [2.45, 2.75) is 25.2 Å². The molecule has 2 rings (SSSR count). The van der Waals surface area contributed by atoms with Crippen molar-refractivity contribution in [2.24, 2.45) is 7.05 Å². The number of aryl methyl sites for hydroxylation is 1. The van der Waals surface area contributed by atoms with Crippen LogP contribution in [0.15, 0.2) is 12.4 Å². The molecule has 1 aliphatic heterocycles. The minimum absolute atomic E-state index is 0.0658. The van der Waals surface area contributed by atoms with Crippen LogP contribution in [-0.2, 0) is 18.4 Å². The summed E-state index contributed by atoms with van der Waals surface area (Å²) in [6, 6.07) is 0.134. The van der Waals surface area contributed by atoms with Gasteiger partial charge in [0, 0.05) is 58.6 Å². The number of halogens is 1. The molecule has 1 aromatic rings. The van der Waals surface area contributed by atoms with Crippen LogP contribution in [0.1, 0.15) is 12.0 Å². The van der Waals surface area contributed by atoms with Gasteiger partial charge in [-0.25, -0.2) is 4.39 Å². The highest BCUT2D eigenvalue weighted by Gasteiger charge is 2.33. The van der Waals surface area contributed by atoms with E-state index in [1.165, 1.54) is 0 Å². The number of likely N-dealkylation sites (N-methyl/N-ethyl adjacent to an activating group) is 2. The Morgan fingerprint density at radius 3 is 2.77 bits per heavy atom. The van der Waals surface area contributed by atoms with Crippen molar-refractivity contribution in [3.63, 3.8) is 0 Å². The first-order chi connectivity index (χ1) is 10.3. The molecule has 124 valence electrons. The molecule has 0 unspecified atom stereocenters. The minimum atomic E-state index is -0.792. The fourth-order valence-corrected chi connectivity index (χ4v) is 2.89. The molecule has 22 heavy (non-hydrogen) atoms. The number of carbonyl (C=O) groups excluding carboxylic acids is 1. The normalized spacial score (nSPS) is 22.5. The van der Waals surface area contributed by atoms with Crippen molar-refractivity contribution >= 4 is 5.91 Å². The number of hydrogen-bond donors (Lipinski definition) is 0. The lowest BCUT2D eigenvalue weighted by molar-refractivity contribution is -0.129. The van der Waals surface area contributed by atoms with E-state index in [1.54, 1.807) is 23.7 Å². The molecule has 2 atom stereocenters. The van der Waals surface area contributed by atoms with E-state index >= 15 is 0 Å². The average molecular weight is 311 g/mol. The van der Waals surface area contributed by atoms with Crippen LogP contribution in [0.25, 0.3) is 0 Å². The molecule has 1 aromatic heterocycles. The van der Waals surface area contributed by atoms with Gasteiger partial charge in [0.2, 0.25) is 5.91 Å². The van der Waals surface area contributed by atoms with E-state index in [0.717, 1.165) is 5.56 Å². The van der Waals surface area contributed by atoms with E-state index in [0.29, 0.717) is 32.6 Å². The Morgan fingerprint density at radius 2 is 2.18 bits per heavy atom. The number of amides is 1. The molecule has 1 fully saturated rings. The molecule has 0 saturated carbocycles. The van der Waals surface area contributed by atoms with Crippen LogP contribution in [0.2, 0.25) is 0 Å². The van der Waals surface area contributed by atoms with Crippen molar-refractivity contribution in [2.75, 3.05) is 40.8 Å². The Hall–Kier alpha value is -1.47. The highest BCUT2D eigenvalue weighted by atomic mass is 19.1. The fraction of sp³-hybridized carbons (Fsp3) is 0.733. The largest absolute Gasteiger partial charge is 0.348 e. The van der Waals surface area contributed by atoms with Crippen LogP contribution in [0.5, 0.6) is 0 Å². The van der Waals surface area contributed by atoms with E-state index in [4.69, 9.17) is 0 Å². The summed E-state index contributed by atoms with van der Waals surface area (Å²) in [5.41, 5.74) is 1.09. The molecule has 2 heterocycles. The molecular formula is C15H26FN5O. The molecule has 0 aromatic carbocycles. The highest BCUT2D eigenvalue weighted by Crippen LogP contribution is 2.23. The summed E-state index contributed by atoms with van der Waals surface area (Å²) in [5.74, 6) is 0.0658. The lowest BCUT2D eigenvalue weighted by atomic mass is 10.2. The van der Waals surface area contributed by atoms with Crippen LogP contribution >= 0.6 is 0 Å². The Kier molecular flexibility index (Phi) is 5.52. The predicted molar refractivity (Wildman–Crippen MR) is 83.1 cm³/mol. The molecule has 7 heteroatoms. The van der Waals surface area contributed by atoms with Crippen molar-refractivity contribution in [3.05, 3.63) is 18.0 Å². The molecule has 1 aliphatic rings. The Morgan fingerprint density at radius 1 is 1.45 bits per heavy atom. The number of carbonyl (C=O) groups is 1. The summed E-state index contributed by atoms with van der Waals surface area (Å²) in [5, 5.41) is 4.16. The number of aromatic nitrogens is 2. The Labute approximate surface area is 131 Å². The molecule has 0 aliphatic carbocycles. The number of alkyl halides is 1. The second kappa shape index (κ2) is 7.19. The zero-order valence-corrected chi connectivity index (χ0v) is 13.9. The molecule has 0 bridgehead atoms. The van der Waals surface area contributed by atoms with Gasteiger partial charge >= 0.3 is 0 Å². The Bertz CT molecular complexity index is 504. The SMILES string of the molecule is CN(CC(=O)N(C)C)C[C@@H]1C[C@H](F)CN1Cc1cnn(C)c1. The van der Waals surface area contributed by atoms with E-state index in [-0.39, 0.29) is 11.9 Å². The second-order valence-electron chi connectivity index (χ2n) is 6.42. The maximum absolute atomic E-state index is 13.8. The average Bonchev–Trinajstić information content (AvgIpc) is 2.96. The summed E-state index contributed by atoms with van der Waals surface area (Å²) in [7, 11) is 7.29. The maximum Gasteiger partial charge on any atom is 0.236 e. The van der Waals surface area contributed by atoms with Gasteiger partial charge in [0.15, 0.2) is 0 Å². The monoisotopic (exact) mass is 311 g/mol. The van der Waals surface area contributed by atoms with Crippen molar-refractivity contribution in [1.29, 1.82) is 0 Å². The first-order valence-corrected chi connectivity index (χ1v) is 7.59. The third-order valence-electron chi connectivity index (χ3n) is 4.05. The van der Waals surface area contributed by atoms with Gasteiger partial charge in [-0.15, -0.1) is 0 Å². The topological polar surface area (TPSA) is 44.6 Å². The standard InChI is InChI=1S/C15H26FN5O/c1-18(2)15(22)11-19(3)10-14-5-13(16)9-21(14)8-12-6-17-20(4)7-12/h6-7,13-14H,5,8-11H2,1-4H3/t13-,14-/m0/s1. The van der Waals surface area contributed by atoms with Crippen LogP contribution in [0, 0.1) is 0 Å². The zero-order valence-electron chi connectivity index (χ0n) is 13.9. The quantitative estimate of drug-likeness (QED) is 0.761. The molecule has 0 N–H and O–H groups in total. The van der Waals surface area contributed by atoms with Gasteiger partial charge in [-0.1, -0.05) is 0 Å². The molecular weight excluding hydrogens is 285 g/mol. The maximum atomic E-state index is 13.8. The van der Waals surface area contributed by atoms with Gasteiger partial charge in [0.05, 0.1) is 12.7 Å². The number of likely N-dealkylation sites (tertiary alicyclic amines) is 1. The van der Waals surface area contributed by atoms with Crippen LogP contribution in [0.4, 0.5) is 4.39 Å². The third kappa shape index (κ3) is 4.51. The number of rotatable bonds is 6. The van der Waals surface area contributed by atoms with E-state index in [2.05, 4.69) is 10.00 Å². The molecule has 0 spiro atoms. The van der Waals surface area contributed by atoms with Gasteiger partial charge in [-0.3, -0.25) is 19.3 Å². The summed E-state index contributed by atoms with van der Waals surface area (Å²) in [6.45, 7) is 2.21. The van der Waals surface area contributed by atoms with Gasteiger partial charge in [-0.05, 0) is 13.5 Å². The first kappa shape index (κ1) is 16.9. The van der Waals surface area contributed by atoms with Gasteiger partial charge in [-0.2, -0.15) is 5.10 Å². The van der Waals surface area contributed by atoms with Gasteiger partial charge in [0.25, 0.3) is 0 Å². The van der Waals surface area contributed by atoms with Gasteiger partial charge in [0.1, 0.15) is 6.17 Å². The summed E-state index contributed by atoms with van der Waals surface area (Å²) in [6.07, 6.45) is 3.52. The fourth-order valence-electron chi connectivity index (χ4n) is 2.89. The highest BCUT2D eigenvalue weighted by molar-refractivity contribution is 5.77. The smallest absolute Gasteiger partial charge is 0.236 e. The second-order valence-corrected chi connectivity index (χ2v) is 6.42. The van der Waals surface area contributed by atoms with Gasteiger partial charge < -0.3 is 4.90 Å².